The summed E-state index contributed by atoms with van der Waals surface area (Å²) in [6.07, 6.45) is 3.17. The highest BCUT2D eigenvalue weighted by Gasteiger charge is 2.54. The molecule has 2 fully saturated rings. The van der Waals surface area contributed by atoms with Crippen molar-refractivity contribution in [2.75, 3.05) is 18.0 Å². The average molecular weight is 410 g/mol. The highest BCUT2D eigenvalue weighted by atomic mass is 19.1. The summed E-state index contributed by atoms with van der Waals surface area (Å²) < 4.78 is 16.4. The molecule has 1 aromatic carbocycles. The Morgan fingerprint density at radius 2 is 1.97 bits per heavy atom. The number of pyridine rings is 2. The Morgan fingerprint density at radius 1 is 1.27 bits per heavy atom. The molecule has 1 aliphatic heterocycles. The minimum atomic E-state index is -1.42. The number of carbonyl (C=O) groups is 1. The van der Waals surface area contributed by atoms with Crippen LogP contribution in [0, 0.1) is 11.2 Å². The maximum atomic E-state index is 15.0. The first-order chi connectivity index (χ1) is 14.3. The number of phenolic OH excluding ortho intramolecular Hbond substituents is 1. The summed E-state index contributed by atoms with van der Waals surface area (Å²) in [5, 5.41) is 18.9. The summed E-state index contributed by atoms with van der Waals surface area (Å²) in [6.45, 7) is 1.06. The molecular weight excluding hydrogens is 391 g/mol. The molecule has 2 aromatic heterocycles. The van der Waals surface area contributed by atoms with Gasteiger partial charge < -0.3 is 25.4 Å². The van der Waals surface area contributed by atoms with Crippen LogP contribution < -0.4 is 16.1 Å². The Labute approximate surface area is 170 Å². The van der Waals surface area contributed by atoms with E-state index in [0.29, 0.717) is 18.8 Å². The lowest BCUT2D eigenvalue weighted by atomic mass is 10.0. The minimum absolute atomic E-state index is 0.00681. The van der Waals surface area contributed by atoms with Crippen molar-refractivity contribution in [2.45, 2.75) is 18.9 Å². The van der Waals surface area contributed by atoms with E-state index in [9.17, 15) is 24.2 Å². The van der Waals surface area contributed by atoms with Gasteiger partial charge in [0.2, 0.25) is 5.43 Å². The summed E-state index contributed by atoms with van der Waals surface area (Å²) in [4.78, 5) is 30.5. The Hall–Kier alpha value is -3.46. The molecule has 0 radical (unpaired) electrons. The number of anilines is 1. The zero-order chi connectivity index (χ0) is 21.2. The van der Waals surface area contributed by atoms with Gasteiger partial charge in [-0.2, -0.15) is 0 Å². The predicted molar refractivity (Wildman–Crippen MR) is 108 cm³/mol. The van der Waals surface area contributed by atoms with Gasteiger partial charge in [-0.05, 0) is 43.2 Å². The lowest BCUT2D eigenvalue weighted by Crippen LogP contribution is -2.30. The monoisotopic (exact) mass is 410 g/mol. The first-order valence-electron chi connectivity index (χ1n) is 9.58. The van der Waals surface area contributed by atoms with E-state index in [0.717, 1.165) is 18.9 Å². The summed E-state index contributed by atoms with van der Waals surface area (Å²) in [6, 6.07) is 6.96. The molecule has 1 saturated carbocycles. The molecule has 30 heavy (non-hydrogen) atoms. The van der Waals surface area contributed by atoms with Crippen LogP contribution in [0.3, 0.4) is 0 Å². The van der Waals surface area contributed by atoms with E-state index >= 15 is 0 Å². The number of carboxylic acids is 1. The fraction of sp³-hybridized carbons (Fsp3) is 0.286. The lowest BCUT2D eigenvalue weighted by Gasteiger charge is -2.20. The van der Waals surface area contributed by atoms with Gasteiger partial charge in [0.25, 0.3) is 0 Å². The first-order valence-corrected chi connectivity index (χ1v) is 9.58. The van der Waals surface area contributed by atoms with Gasteiger partial charge in [0, 0.05) is 36.4 Å². The van der Waals surface area contributed by atoms with Gasteiger partial charge >= 0.3 is 5.97 Å². The van der Waals surface area contributed by atoms with Crippen LogP contribution >= 0.6 is 0 Å². The van der Waals surface area contributed by atoms with Gasteiger partial charge in [0.15, 0.2) is 17.3 Å². The van der Waals surface area contributed by atoms with Crippen molar-refractivity contribution >= 4 is 22.8 Å². The second-order valence-electron chi connectivity index (χ2n) is 8.08. The molecular formula is C21H19FN4O4. The maximum Gasteiger partial charge on any atom is 0.341 e. The number of benzene rings is 1. The van der Waals surface area contributed by atoms with Gasteiger partial charge in [-0.15, -0.1) is 0 Å². The van der Waals surface area contributed by atoms with Crippen LogP contribution in [0.25, 0.3) is 16.7 Å². The van der Waals surface area contributed by atoms with E-state index in [-0.39, 0.29) is 34.1 Å². The van der Waals surface area contributed by atoms with Gasteiger partial charge in [0.05, 0.1) is 5.39 Å². The Kier molecular flexibility index (Phi) is 3.88. The molecule has 1 aliphatic carbocycles. The van der Waals surface area contributed by atoms with Crippen LogP contribution in [-0.2, 0) is 0 Å². The number of nitrogens with two attached hydrogens (primary N) is 1. The summed E-state index contributed by atoms with van der Waals surface area (Å²) in [5.41, 5.74) is 5.56. The quantitative estimate of drug-likeness (QED) is 0.602. The summed E-state index contributed by atoms with van der Waals surface area (Å²) in [5.74, 6) is -1.98. The normalized spacial score (nSPS) is 19.5. The standard InChI is InChI=1S/C21H19FN4O4/c22-15-7-13-17(28)14(20(29)30)8-26(11-1-3-12(27)4-2-11)18(13)24-19(15)25-9-16(23)21(10-25)5-6-21/h1-4,7-8,16,27H,5-6,9-10,23H2,(H,29,30)/t16-/m0/s1. The number of aromatic carboxylic acids is 1. The molecule has 1 saturated heterocycles. The number of aromatic hydroxyl groups is 1. The van der Waals surface area contributed by atoms with Crippen molar-refractivity contribution in [2.24, 2.45) is 11.1 Å². The van der Waals surface area contributed by atoms with Crippen LogP contribution in [0.1, 0.15) is 23.2 Å². The third-order valence-electron chi connectivity index (χ3n) is 6.17. The molecule has 0 bridgehead atoms. The molecule has 5 rings (SSSR count). The van der Waals surface area contributed by atoms with Crippen molar-refractivity contribution < 1.29 is 19.4 Å². The number of nitrogens with zero attached hydrogens (tertiary/aromatic N) is 3. The highest BCUT2D eigenvalue weighted by molar-refractivity contribution is 5.92. The molecule has 3 heterocycles. The summed E-state index contributed by atoms with van der Waals surface area (Å²) >= 11 is 0. The fourth-order valence-corrected chi connectivity index (χ4v) is 4.24. The predicted octanol–water partition coefficient (Wildman–Crippen LogP) is 1.86. The fourth-order valence-electron chi connectivity index (χ4n) is 4.24. The third kappa shape index (κ3) is 2.73. The van der Waals surface area contributed by atoms with Gasteiger partial charge in [0.1, 0.15) is 11.3 Å². The number of aromatic nitrogens is 2. The Morgan fingerprint density at radius 3 is 2.57 bits per heavy atom. The maximum absolute atomic E-state index is 15.0. The van der Waals surface area contributed by atoms with Gasteiger partial charge in [-0.25, -0.2) is 14.2 Å². The SMILES string of the molecule is N[C@H]1CN(c2nc3c(cc2F)c(=O)c(C(=O)O)cn3-c2ccc(O)cc2)CC12CC2. The molecule has 0 unspecified atom stereocenters. The smallest absolute Gasteiger partial charge is 0.341 e. The zero-order valence-corrected chi connectivity index (χ0v) is 15.9. The molecule has 2 aliphatic rings. The molecule has 3 aromatic rings. The molecule has 1 spiro atoms. The number of fused-ring (bicyclic) bond motifs is 1. The second kappa shape index (κ2) is 6.27. The van der Waals surface area contributed by atoms with Crippen LogP contribution in [0.2, 0.25) is 0 Å². The van der Waals surface area contributed by atoms with E-state index in [1.165, 1.54) is 22.9 Å². The van der Waals surface area contributed by atoms with Crippen molar-refractivity contribution in [1.82, 2.24) is 9.55 Å². The van der Waals surface area contributed by atoms with Crippen LogP contribution in [0.4, 0.5) is 10.2 Å². The number of hydrogen-bond donors (Lipinski definition) is 3. The molecule has 4 N–H and O–H groups in total. The zero-order valence-electron chi connectivity index (χ0n) is 15.9. The van der Waals surface area contributed by atoms with Crippen LogP contribution in [0.15, 0.2) is 41.3 Å². The topological polar surface area (TPSA) is 122 Å². The van der Waals surface area contributed by atoms with Crippen molar-refractivity contribution in [3.05, 3.63) is 58.1 Å². The molecule has 8 nitrogen and oxygen atoms in total. The van der Waals surface area contributed by atoms with Gasteiger partial charge in [-0.3, -0.25) is 4.79 Å². The highest BCUT2D eigenvalue weighted by Crippen LogP contribution is 2.52. The van der Waals surface area contributed by atoms with E-state index in [1.807, 2.05) is 0 Å². The second-order valence-corrected chi connectivity index (χ2v) is 8.08. The molecule has 154 valence electrons. The van der Waals surface area contributed by atoms with E-state index in [4.69, 9.17) is 5.73 Å². The number of hydrogen-bond acceptors (Lipinski definition) is 6. The number of phenols is 1. The van der Waals surface area contributed by atoms with Crippen molar-refractivity contribution in [3.8, 4) is 11.4 Å². The van der Waals surface area contributed by atoms with E-state index < -0.39 is 22.8 Å². The number of halogens is 1. The Balaban J connectivity index is 1.74. The van der Waals surface area contributed by atoms with Crippen LogP contribution in [0.5, 0.6) is 5.75 Å². The largest absolute Gasteiger partial charge is 0.508 e. The van der Waals surface area contributed by atoms with Crippen molar-refractivity contribution in [3.63, 3.8) is 0 Å². The Bertz CT molecular complexity index is 1250. The van der Waals surface area contributed by atoms with E-state index in [2.05, 4.69) is 4.98 Å². The average Bonchev–Trinajstić information content (AvgIpc) is 3.41. The van der Waals surface area contributed by atoms with Crippen LogP contribution in [-0.4, -0.2) is 44.9 Å². The van der Waals surface area contributed by atoms with Crippen molar-refractivity contribution in [1.29, 1.82) is 0 Å². The number of carboxylic acid groups (broad SMARTS) is 1. The lowest BCUT2D eigenvalue weighted by molar-refractivity contribution is 0.0695. The minimum Gasteiger partial charge on any atom is -0.508 e. The van der Waals surface area contributed by atoms with E-state index in [1.54, 1.807) is 17.0 Å². The molecule has 1 atom stereocenters. The molecule has 0 amide bonds. The first kappa shape index (κ1) is 18.6. The van der Waals surface area contributed by atoms with Gasteiger partial charge in [-0.1, -0.05) is 0 Å². The number of rotatable bonds is 3. The third-order valence-corrected chi connectivity index (χ3v) is 6.17. The molecule has 9 heteroatoms. The summed E-state index contributed by atoms with van der Waals surface area (Å²) in [7, 11) is 0.